The van der Waals surface area contributed by atoms with Crippen LogP contribution in [0.15, 0.2) is 0 Å². The Kier molecular flexibility index (Phi) is 22.1. The van der Waals surface area contributed by atoms with E-state index in [2.05, 4.69) is 5.32 Å². The molecule has 0 bridgehead atoms. The summed E-state index contributed by atoms with van der Waals surface area (Å²) in [4.78, 5) is 56.8. The van der Waals surface area contributed by atoms with Gasteiger partial charge in [0.15, 0.2) is 0 Å². The number of carboxylic acid groups (broad SMARTS) is 3. The molecule has 0 heterocycles. The molecule has 2 atom stereocenters. The summed E-state index contributed by atoms with van der Waals surface area (Å²) in [6, 6.07) is -0.907. The second-order valence-electron chi connectivity index (χ2n) is 10.2. The van der Waals surface area contributed by atoms with Crippen molar-refractivity contribution in [3.63, 3.8) is 0 Å². The summed E-state index contributed by atoms with van der Waals surface area (Å²) < 4.78 is 0. The zero-order chi connectivity index (χ0) is 28.6. The van der Waals surface area contributed by atoms with Gasteiger partial charge in [0.25, 0.3) is 0 Å². The normalized spacial score (nSPS) is 12.6. The number of nitrogens with one attached hydrogen (secondary N) is 1. The van der Waals surface area contributed by atoms with Crippen LogP contribution in [-0.2, 0) is 24.0 Å². The maximum Gasteiger partial charge on any atom is 0.320 e. The van der Waals surface area contributed by atoms with Crippen LogP contribution in [0.3, 0.4) is 0 Å². The van der Waals surface area contributed by atoms with Crippen LogP contribution in [0.2, 0.25) is 0 Å². The summed E-state index contributed by atoms with van der Waals surface area (Å²) in [5, 5.41) is 29.4. The van der Waals surface area contributed by atoms with E-state index >= 15 is 0 Å². The highest BCUT2D eigenvalue weighted by Gasteiger charge is 2.22. The predicted octanol–water partition coefficient (Wildman–Crippen LogP) is 4.67. The molecule has 0 aliphatic carbocycles. The average Bonchev–Trinajstić information content (AvgIpc) is 2.85. The quantitative estimate of drug-likeness (QED) is 0.0920. The molecule has 10 nitrogen and oxygen atoms in total. The summed E-state index contributed by atoms with van der Waals surface area (Å²) in [6.07, 6.45) is 14.9. The van der Waals surface area contributed by atoms with Crippen molar-refractivity contribution in [3.05, 3.63) is 0 Å². The Morgan fingerprint density at radius 2 is 1.08 bits per heavy atom. The van der Waals surface area contributed by atoms with Gasteiger partial charge in [0.2, 0.25) is 5.91 Å². The summed E-state index contributed by atoms with van der Waals surface area (Å²) >= 11 is 0. The van der Waals surface area contributed by atoms with Gasteiger partial charge in [-0.15, -0.1) is 0 Å². The van der Waals surface area contributed by atoms with E-state index in [0.29, 0.717) is 32.2 Å². The number of Topliss-reactive ketones (excluding diaryl/α,β-unsaturated/α-hetero) is 1. The van der Waals surface area contributed by atoms with Crippen LogP contribution in [-0.4, -0.2) is 57.5 Å². The topological polar surface area (TPSA) is 184 Å². The molecule has 38 heavy (non-hydrogen) atoms. The number of carbonyl (C=O) groups is 5. The number of rotatable bonds is 27. The maximum atomic E-state index is 12.2. The van der Waals surface area contributed by atoms with Gasteiger partial charge in [-0.25, -0.2) is 0 Å². The summed E-state index contributed by atoms with van der Waals surface area (Å²) in [5.74, 6) is -4.04. The molecule has 0 aliphatic heterocycles. The lowest BCUT2D eigenvalue weighted by Gasteiger charge is -2.12. The third kappa shape index (κ3) is 22.7. The Morgan fingerprint density at radius 3 is 1.55 bits per heavy atom. The van der Waals surface area contributed by atoms with E-state index in [1.165, 1.54) is 25.7 Å². The second kappa shape index (κ2) is 23.6. The standard InChI is InChI=1S/C28H50N2O8/c29-24(28(37)38)16-13-14-20-30-25(32)19-18-22(27(35)36)21-23(31)15-11-9-7-5-3-1-2-4-6-8-10-12-17-26(33)34/h22,24H,1-21,29H2,(H,30,32)(H,33,34)(H,35,36)(H,37,38)/t22-,24+/m1/s1. The Labute approximate surface area is 227 Å². The number of aliphatic carboxylic acids is 3. The zero-order valence-electron chi connectivity index (χ0n) is 23.0. The minimum absolute atomic E-state index is 0.0314. The van der Waals surface area contributed by atoms with Crippen molar-refractivity contribution in [2.45, 2.75) is 134 Å². The molecule has 0 rings (SSSR count). The molecule has 0 aliphatic rings. The molecule has 1 amide bonds. The fourth-order valence-electron chi connectivity index (χ4n) is 4.29. The molecule has 0 aromatic carbocycles. The molecule has 6 N–H and O–H groups in total. The fraction of sp³-hybridized carbons (Fsp3) is 0.821. The van der Waals surface area contributed by atoms with Crippen LogP contribution >= 0.6 is 0 Å². The lowest BCUT2D eigenvalue weighted by Crippen LogP contribution is -2.30. The van der Waals surface area contributed by atoms with Gasteiger partial charge < -0.3 is 26.4 Å². The molecular weight excluding hydrogens is 492 g/mol. The maximum absolute atomic E-state index is 12.2. The average molecular weight is 543 g/mol. The highest BCUT2D eigenvalue weighted by molar-refractivity contribution is 5.84. The van der Waals surface area contributed by atoms with Gasteiger partial charge in [0, 0.05) is 32.2 Å². The minimum atomic E-state index is -1.06. The Balaban J connectivity index is 3.75. The van der Waals surface area contributed by atoms with E-state index < -0.39 is 29.9 Å². The van der Waals surface area contributed by atoms with Crippen molar-refractivity contribution in [1.82, 2.24) is 5.32 Å². The molecule has 0 aromatic rings. The molecule has 0 saturated carbocycles. The predicted molar refractivity (Wildman–Crippen MR) is 145 cm³/mol. The van der Waals surface area contributed by atoms with Crippen molar-refractivity contribution in [1.29, 1.82) is 0 Å². The first kappa shape index (κ1) is 35.5. The first-order valence-electron chi connectivity index (χ1n) is 14.3. The number of hydrogen-bond donors (Lipinski definition) is 5. The van der Waals surface area contributed by atoms with E-state index in [1.807, 2.05) is 0 Å². The van der Waals surface area contributed by atoms with Crippen LogP contribution in [0, 0.1) is 5.92 Å². The number of hydrogen-bond acceptors (Lipinski definition) is 6. The van der Waals surface area contributed by atoms with Crippen molar-refractivity contribution >= 4 is 29.6 Å². The molecule has 0 radical (unpaired) electrons. The Morgan fingerprint density at radius 1 is 0.579 bits per heavy atom. The van der Waals surface area contributed by atoms with Crippen LogP contribution < -0.4 is 11.1 Å². The second-order valence-corrected chi connectivity index (χ2v) is 10.2. The molecular formula is C28H50N2O8. The van der Waals surface area contributed by atoms with Crippen LogP contribution in [0.4, 0.5) is 0 Å². The van der Waals surface area contributed by atoms with E-state index in [0.717, 1.165) is 51.4 Å². The minimum Gasteiger partial charge on any atom is -0.481 e. The molecule has 0 unspecified atom stereocenters. The van der Waals surface area contributed by atoms with Crippen molar-refractivity contribution in [2.75, 3.05) is 6.54 Å². The highest BCUT2D eigenvalue weighted by Crippen LogP contribution is 2.17. The van der Waals surface area contributed by atoms with E-state index in [-0.39, 0.29) is 37.4 Å². The highest BCUT2D eigenvalue weighted by atomic mass is 16.4. The first-order valence-corrected chi connectivity index (χ1v) is 14.3. The third-order valence-corrected chi connectivity index (χ3v) is 6.72. The zero-order valence-corrected chi connectivity index (χ0v) is 23.0. The lowest BCUT2D eigenvalue weighted by molar-refractivity contribution is -0.144. The van der Waals surface area contributed by atoms with Crippen LogP contribution in [0.5, 0.6) is 0 Å². The molecule has 0 aromatic heterocycles. The fourth-order valence-corrected chi connectivity index (χ4v) is 4.29. The first-order chi connectivity index (χ1) is 18.1. The van der Waals surface area contributed by atoms with Crippen LogP contribution in [0.25, 0.3) is 0 Å². The summed E-state index contributed by atoms with van der Waals surface area (Å²) in [7, 11) is 0. The molecule has 10 heteroatoms. The lowest BCUT2D eigenvalue weighted by atomic mass is 9.94. The van der Waals surface area contributed by atoms with Gasteiger partial charge in [-0.05, 0) is 38.5 Å². The van der Waals surface area contributed by atoms with Gasteiger partial charge in [-0.1, -0.05) is 64.2 Å². The largest absolute Gasteiger partial charge is 0.481 e. The molecule has 220 valence electrons. The number of nitrogens with two attached hydrogens (primary N) is 1. The van der Waals surface area contributed by atoms with Crippen molar-refractivity contribution in [3.8, 4) is 0 Å². The van der Waals surface area contributed by atoms with Gasteiger partial charge >= 0.3 is 17.9 Å². The van der Waals surface area contributed by atoms with E-state index in [4.69, 9.17) is 15.9 Å². The van der Waals surface area contributed by atoms with Gasteiger partial charge in [-0.2, -0.15) is 0 Å². The van der Waals surface area contributed by atoms with E-state index in [1.54, 1.807) is 0 Å². The number of amides is 1. The van der Waals surface area contributed by atoms with Crippen molar-refractivity contribution < 1.29 is 39.3 Å². The van der Waals surface area contributed by atoms with E-state index in [9.17, 15) is 29.1 Å². The smallest absolute Gasteiger partial charge is 0.320 e. The molecule has 0 fully saturated rings. The van der Waals surface area contributed by atoms with Gasteiger partial charge in [0.1, 0.15) is 11.8 Å². The number of carboxylic acids is 3. The Bertz CT molecular complexity index is 698. The van der Waals surface area contributed by atoms with Crippen molar-refractivity contribution in [2.24, 2.45) is 11.7 Å². The summed E-state index contributed by atoms with van der Waals surface area (Å²) in [6.45, 7) is 0.373. The SMILES string of the molecule is N[C@@H](CCCCNC(=O)CC[C@H](CC(=O)CCCCCCCCCCCCCCC(=O)O)C(=O)O)C(=O)O. The number of carbonyl (C=O) groups excluding carboxylic acids is 2. The third-order valence-electron chi connectivity index (χ3n) is 6.72. The Hall–Kier alpha value is -2.49. The molecule has 0 saturated heterocycles. The van der Waals surface area contributed by atoms with Crippen LogP contribution in [0.1, 0.15) is 128 Å². The number of unbranched alkanes of at least 4 members (excludes halogenated alkanes) is 12. The van der Waals surface area contributed by atoms with Gasteiger partial charge in [0.05, 0.1) is 5.92 Å². The summed E-state index contributed by atoms with van der Waals surface area (Å²) in [5.41, 5.74) is 5.42. The monoisotopic (exact) mass is 542 g/mol. The van der Waals surface area contributed by atoms with Gasteiger partial charge in [-0.3, -0.25) is 24.0 Å². The molecule has 0 spiro atoms. The number of ketones is 1.